The quantitative estimate of drug-likeness (QED) is 0.202. The first kappa shape index (κ1) is 34.0. The highest BCUT2D eigenvalue weighted by Crippen LogP contribution is 2.35. The second-order valence-electron chi connectivity index (χ2n) is 12.0. The van der Waals surface area contributed by atoms with E-state index in [9.17, 15) is 8.42 Å². The van der Waals surface area contributed by atoms with E-state index in [1.807, 2.05) is 29.9 Å². The molecule has 17 heteroatoms. The Morgan fingerprint density at radius 2 is 1.83 bits per heavy atom. The fourth-order valence-electron chi connectivity index (χ4n) is 6.01. The third-order valence-electron chi connectivity index (χ3n) is 8.70. The van der Waals surface area contributed by atoms with Crippen molar-refractivity contribution < 1.29 is 22.6 Å². The highest BCUT2D eigenvalue weighted by Gasteiger charge is 2.29. The Morgan fingerprint density at radius 3 is 2.54 bits per heavy atom. The summed E-state index contributed by atoms with van der Waals surface area (Å²) in [7, 11) is -3.19. The van der Waals surface area contributed by atoms with Gasteiger partial charge in [0.1, 0.15) is 30.5 Å². The zero-order valence-electron chi connectivity index (χ0n) is 27.1. The molecule has 1 N–H and O–H groups in total. The number of benzene rings is 1. The molecule has 1 aromatic carbocycles. The third kappa shape index (κ3) is 8.78. The van der Waals surface area contributed by atoms with E-state index in [0.717, 1.165) is 63.1 Å². The fourth-order valence-corrected chi connectivity index (χ4v) is 6.80. The van der Waals surface area contributed by atoms with Crippen molar-refractivity contribution in [1.82, 2.24) is 44.9 Å². The molecule has 0 bridgehead atoms. The average molecular weight is 701 g/mol. The van der Waals surface area contributed by atoms with Crippen LogP contribution >= 0.6 is 11.6 Å². The summed E-state index contributed by atoms with van der Waals surface area (Å²) in [5.41, 5.74) is 2.17. The molecule has 1 aliphatic heterocycles. The number of nitrogens with zero attached hydrogens (tertiary/aromatic N) is 9. The lowest BCUT2D eigenvalue weighted by molar-refractivity contribution is 0.00503. The summed E-state index contributed by atoms with van der Waals surface area (Å²) >= 11 is 6.44. The summed E-state index contributed by atoms with van der Waals surface area (Å²) < 4.78 is 45.3. The van der Waals surface area contributed by atoms with E-state index in [1.54, 1.807) is 30.1 Å². The minimum absolute atomic E-state index is 0.000738. The molecule has 15 nitrogen and oxygen atoms in total. The van der Waals surface area contributed by atoms with Gasteiger partial charge in [-0.15, -0.1) is 10.2 Å². The number of ether oxygens (including phenoxy) is 3. The Balaban J connectivity index is 1.14. The lowest BCUT2D eigenvalue weighted by atomic mass is 9.90. The van der Waals surface area contributed by atoms with E-state index in [1.165, 1.54) is 6.33 Å². The van der Waals surface area contributed by atoms with Gasteiger partial charge in [-0.1, -0.05) is 24.6 Å². The molecule has 6 rings (SSSR count). The zero-order chi connectivity index (χ0) is 33.5. The summed E-state index contributed by atoms with van der Waals surface area (Å²) in [5, 5.41) is 19.6. The van der Waals surface area contributed by atoms with Crippen molar-refractivity contribution >= 4 is 33.1 Å². The Morgan fingerprint density at radius 1 is 1.08 bits per heavy atom. The van der Waals surface area contributed by atoms with Crippen molar-refractivity contribution in [2.45, 2.75) is 64.3 Å². The van der Waals surface area contributed by atoms with Crippen LogP contribution in [0.3, 0.4) is 0 Å². The van der Waals surface area contributed by atoms with Gasteiger partial charge >= 0.3 is 0 Å². The number of hydrogen-bond donors (Lipinski definition) is 1. The maximum absolute atomic E-state index is 12.1. The third-order valence-corrected chi connectivity index (χ3v) is 10.7. The van der Waals surface area contributed by atoms with Crippen molar-refractivity contribution in [3.63, 3.8) is 0 Å². The molecule has 4 heterocycles. The Hall–Kier alpha value is -3.86. The molecule has 4 aromatic rings. The topological polar surface area (TPSA) is 164 Å². The normalized spacial score (nSPS) is 19.6. The summed E-state index contributed by atoms with van der Waals surface area (Å²) in [6.45, 7) is 7.56. The van der Waals surface area contributed by atoms with Gasteiger partial charge in [-0.2, -0.15) is 0 Å². The van der Waals surface area contributed by atoms with Gasteiger partial charge in [-0.05, 0) is 60.7 Å². The minimum Gasteiger partial charge on any atom is -0.487 e. The lowest BCUT2D eigenvalue weighted by Gasteiger charge is -2.38. The molecular formula is C31H41ClN10O5S. The highest BCUT2D eigenvalue weighted by molar-refractivity contribution is 7.91. The van der Waals surface area contributed by atoms with Gasteiger partial charge in [-0.3, -0.25) is 9.58 Å². The maximum Gasteiger partial charge on any atom is 0.256 e. The predicted molar refractivity (Wildman–Crippen MR) is 179 cm³/mol. The first-order chi connectivity index (χ1) is 23.3. The molecule has 1 aliphatic carbocycles. The van der Waals surface area contributed by atoms with Crippen LogP contribution in [0.1, 0.15) is 45.6 Å². The van der Waals surface area contributed by atoms with Crippen LogP contribution < -0.4 is 14.8 Å². The highest BCUT2D eigenvalue weighted by atomic mass is 35.5. The van der Waals surface area contributed by atoms with Crippen LogP contribution in [0, 0.1) is 0 Å². The van der Waals surface area contributed by atoms with Gasteiger partial charge in [0.15, 0.2) is 9.84 Å². The molecule has 1 unspecified atom stereocenters. The first-order valence-electron chi connectivity index (χ1n) is 16.3. The van der Waals surface area contributed by atoms with Gasteiger partial charge in [-0.25, -0.2) is 23.1 Å². The number of anilines is 2. The molecule has 258 valence electrons. The molecular weight excluding hydrogens is 660 g/mol. The van der Waals surface area contributed by atoms with Crippen LogP contribution in [0.2, 0.25) is 5.02 Å². The van der Waals surface area contributed by atoms with Crippen molar-refractivity contribution in [3.8, 4) is 22.8 Å². The number of morpholine rings is 1. The number of nitrogens with one attached hydrogen (secondary N) is 1. The Kier molecular flexibility index (Phi) is 11.0. The van der Waals surface area contributed by atoms with E-state index in [-0.39, 0.29) is 30.3 Å². The number of hydrogen-bond acceptors (Lipinski definition) is 13. The summed E-state index contributed by atoms with van der Waals surface area (Å²) in [6, 6.07) is 6.26. The molecule has 1 saturated carbocycles. The molecule has 0 spiro atoms. The molecule has 0 amide bonds. The van der Waals surface area contributed by atoms with E-state index < -0.39 is 9.84 Å². The molecule has 2 aliphatic rings. The second-order valence-corrected chi connectivity index (χ2v) is 14.9. The summed E-state index contributed by atoms with van der Waals surface area (Å²) in [5.74, 6) is 1.16. The molecule has 2 fully saturated rings. The number of rotatable bonds is 14. The van der Waals surface area contributed by atoms with Gasteiger partial charge in [0.2, 0.25) is 5.95 Å². The van der Waals surface area contributed by atoms with E-state index in [0.29, 0.717) is 40.9 Å². The Labute approximate surface area is 284 Å². The van der Waals surface area contributed by atoms with Crippen LogP contribution in [0.5, 0.6) is 11.6 Å². The first-order valence-corrected chi connectivity index (χ1v) is 18.5. The monoisotopic (exact) mass is 700 g/mol. The van der Waals surface area contributed by atoms with Crippen molar-refractivity contribution in [3.05, 3.63) is 48.1 Å². The van der Waals surface area contributed by atoms with Crippen molar-refractivity contribution in [1.29, 1.82) is 0 Å². The fraction of sp³-hybridized carbons (Fsp3) is 0.548. The van der Waals surface area contributed by atoms with E-state index in [2.05, 4.69) is 35.7 Å². The molecule has 48 heavy (non-hydrogen) atoms. The standard InChI is InChI=1S/C31H41ClN10O5S/c1-3-48(43,44)15-14-46-30-28(20-42(37-30)26-7-5-25(6-8-26)40-10-12-45-13-11-40)36-31-33-17-24(18-34-31)23-4-9-27(32)29(16-23)47-22(2)19-41-21-35-38-39-41/h4,9,16-18,20-22,25-26H,3,5-8,10-15,19H2,1-2H3,(H,33,34,36). The minimum atomic E-state index is -3.19. The maximum atomic E-state index is 12.1. The Bertz CT molecular complexity index is 1720. The predicted octanol–water partition coefficient (Wildman–Crippen LogP) is 3.82. The van der Waals surface area contributed by atoms with Gasteiger partial charge in [0.25, 0.3) is 5.88 Å². The molecule has 1 saturated heterocycles. The smallest absolute Gasteiger partial charge is 0.256 e. The number of sulfone groups is 1. The van der Waals surface area contributed by atoms with Crippen LogP contribution in [0.4, 0.5) is 11.6 Å². The number of tetrazole rings is 1. The second kappa shape index (κ2) is 15.6. The summed E-state index contributed by atoms with van der Waals surface area (Å²) in [4.78, 5) is 11.6. The number of halogens is 1. The van der Waals surface area contributed by atoms with E-state index in [4.69, 9.17) is 30.9 Å². The lowest BCUT2D eigenvalue weighted by Crippen LogP contribution is -2.45. The molecule has 1 atom stereocenters. The van der Waals surface area contributed by atoms with Gasteiger partial charge in [0, 0.05) is 42.8 Å². The average Bonchev–Trinajstić information content (AvgIpc) is 3.76. The zero-order valence-corrected chi connectivity index (χ0v) is 28.7. The molecule has 0 radical (unpaired) electrons. The van der Waals surface area contributed by atoms with Crippen molar-refractivity contribution in [2.75, 3.05) is 49.7 Å². The van der Waals surface area contributed by atoms with Crippen LogP contribution in [-0.2, 0) is 21.1 Å². The van der Waals surface area contributed by atoms with Crippen LogP contribution in [-0.4, -0.2) is 110 Å². The van der Waals surface area contributed by atoms with Crippen molar-refractivity contribution in [2.24, 2.45) is 0 Å². The number of aromatic nitrogens is 8. The van der Waals surface area contributed by atoms with E-state index >= 15 is 0 Å². The van der Waals surface area contributed by atoms with Crippen LogP contribution in [0.25, 0.3) is 11.1 Å². The SMILES string of the molecule is CCS(=O)(=O)CCOc1nn(C2CCC(N3CCOCC3)CC2)cc1Nc1ncc(-c2ccc(Cl)c(OC(C)Cn3cnnn3)c2)cn1. The van der Waals surface area contributed by atoms with Gasteiger partial charge < -0.3 is 19.5 Å². The van der Waals surface area contributed by atoms with Gasteiger partial charge in [0.05, 0.1) is 42.8 Å². The summed E-state index contributed by atoms with van der Waals surface area (Å²) in [6.07, 6.45) is 10.7. The van der Waals surface area contributed by atoms with Crippen LogP contribution in [0.15, 0.2) is 43.1 Å². The largest absolute Gasteiger partial charge is 0.487 e. The molecule has 3 aromatic heterocycles.